The summed E-state index contributed by atoms with van der Waals surface area (Å²) in [6, 6.07) is 11.0. The Balaban J connectivity index is 2.27. The van der Waals surface area contributed by atoms with E-state index in [0.29, 0.717) is 23.5 Å². The van der Waals surface area contributed by atoms with E-state index in [4.69, 9.17) is 18.0 Å². The minimum atomic E-state index is -0.151. The molecule has 0 aliphatic rings. The Bertz CT molecular complexity index is 589. The number of aromatic nitrogens is 2. The van der Waals surface area contributed by atoms with Gasteiger partial charge in [0.05, 0.1) is 22.9 Å². The number of amides is 1. The number of hydrogen-bond acceptors (Lipinski definition) is 4. The molecule has 0 radical (unpaired) electrons. The van der Waals surface area contributed by atoms with E-state index in [1.165, 1.54) is 12.4 Å². The van der Waals surface area contributed by atoms with Gasteiger partial charge >= 0.3 is 0 Å². The van der Waals surface area contributed by atoms with Crippen LogP contribution in [0.25, 0.3) is 0 Å². The summed E-state index contributed by atoms with van der Waals surface area (Å²) in [6.07, 6.45) is 3.40. The number of anilines is 1. The van der Waals surface area contributed by atoms with Gasteiger partial charge < -0.3 is 10.6 Å². The van der Waals surface area contributed by atoms with Crippen LogP contribution in [0.5, 0.6) is 0 Å². The lowest BCUT2D eigenvalue weighted by Gasteiger charge is -2.22. The van der Waals surface area contributed by atoms with Crippen LogP contribution >= 0.6 is 12.2 Å². The minimum absolute atomic E-state index is 0.151. The average Bonchev–Trinajstić information content (AvgIpc) is 2.49. The average molecular weight is 286 g/mol. The van der Waals surface area contributed by atoms with E-state index in [0.717, 1.165) is 5.69 Å². The van der Waals surface area contributed by atoms with Crippen molar-refractivity contribution >= 4 is 28.8 Å². The van der Waals surface area contributed by atoms with Gasteiger partial charge in [-0.25, -0.2) is 0 Å². The quantitative estimate of drug-likeness (QED) is 0.849. The van der Waals surface area contributed by atoms with E-state index >= 15 is 0 Å². The summed E-state index contributed by atoms with van der Waals surface area (Å²) < 4.78 is 0. The maximum absolute atomic E-state index is 12.5. The lowest BCUT2D eigenvalue weighted by molar-refractivity contribution is 0.0987. The summed E-state index contributed by atoms with van der Waals surface area (Å²) in [6.45, 7) is 0.431. The molecule has 0 aliphatic carbocycles. The van der Waals surface area contributed by atoms with E-state index in [1.807, 2.05) is 30.3 Å². The number of carbonyl (C=O) groups excluding carboxylic acids is 1. The maximum Gasteiger partial charge on any atom is 0.259 e. The zero-order valence-electron chi connectivity index (χ0n) is 10.8. The van der Waals surface area contributed by atoms with E-state index in [9.17, 15) is 4.79 Å². The molecule has 2 N–H and O–H groups in total. The molecule has 0 saturated carbocycles. The SMILES string of the molecule is NC(=S)CCN(C(=O)c1ccnnc1)c1ccccc1. The van der Waals surface area contributed by atoms with Crippen molar-refractivity contribution in [2.45, 2.75) is 6.42 Å². The fraction of sp³-hybridized carbons (Fsp3) is 0.143. The van der Waals surface area contributed by atoms with Crippen molar-refractivity contribution in [3.8, 4) is 0 Å². The van der Waals surface area contributed by atoms with Gasteiger partial charge in [0.2, 0.25) is 0 Å². The number of thiocarbonyl (C=S) groups is 1. The van der Waals surface area contributed by atoms with Gasteiger partial charge in [-0.2, -0.15) is 10.2 Å². The van der Waals surface area contributed by atoms with Crippen molar-refractivity contribution in [2.24, 2.45) is 5.73 Å². The van der Waals surface area contributed by atoms with Gasteiger partial charge in [-0.1, -0.05) is 30.4 Å². The van der Waals surface area contributed by atoms with Crippen molar-refractivity contribution in [1.82, 2.24) is 10.2 Å². The molecule has 102 valence electrons. The Morgan fingerprint density at radius 3 is 2.55 bits per heavy atom. The number of nitrogens with two attached hydrogens (primary N) is 1. The van der Waals surface area contributed by atoms with Crippen LogP contribution in [0, 0.1) is 0 Å². The van der Waals surface area contributed by atoms with Crippen LogP contribution in [0.2, 0.25) is 0 Å². The van der Waals surface area contributed by atoms with Crippen LogP contribution in [0.1, 0.15) is 16.8 Å². The van der Waals surface area contributed by atoms with E-state index in [2.05, 4.69) is 10.2 Å². The molecule has 1 aromatic carbocycles. The Morgan fingerprint density at radius 1 is 1.20 bits per heavy atom. The fourth-order valence-electron chi connectivity index (χ4n) is 1.75. The Hall–Kier alpha value is -2.34. The first-order valence-corrected chi connectivity index (χ1v) is 6.51. The number of benzene rings is 1. The first-order valence-electron chi connectivity index (χ1n) is 6.10. The highest BCUT2D eigenvalue weighted by Gasteiger charge is 2.17. The minimum Gasteiger partial charge on any atom is -0.393 e. The van der Waals surface area contributed by atoms with Gasteiger partial charge in [0.15, 0.2) is 0 Å². The number of nitrogens with zero attached hydrogens (tertiary/aromatic N) is 3. The summed E-state index contributed by atoms with van der Waals surface area (Å²) in [4.78, 5) is 14.5. The van der Waals surface area contributed by atoms with Crippen molar-refractivity contribution in [3.05, 3.63) is 54.4 Å². The van der Waals surface area contributed by atoms with Crippen LogP contribution in [-0.2, 0) is 0 Å². The van der Waals surface area contributed by atoms with Crippen molar-refractivity contribution in [2.75, 3.05) is 11.4 Å². The number of hydrogen-bond donors (Lipinski definition) is 1. The lowest BCUT2D eigenvalue weighted by atomic mass is 10.2. The van der Waals surface area contributed by atoms with Crippen LogP contribution in [0.4, 0.5) is 5.69 Å². The second-order valence-corrected chi connectivity index (χ2v) is 4.66. The maximum atomic E-state index is 12.5. The third-order valence-corrected chi connectivity index (χ3v) is 2.93. The molecule has 0 fully saturated rings. The smallest absolute Gasteiger partial charge is 0.259 e. The van der Waals surface area contributed by atoms with Crippen LogP contribution < -0.4 is 10.6 Å². The molecule has 0 atom stereocenters. The summed E-state index contributed by atoms with van der Waals surface area (Å²) in [5, 5.41) is 7.40. The number of carbonyl (C=O) groups is 1. The van der Waals surface area contributed by atoms with Gasteiger partial charge in [-0.3, -0.25) is 4.79 Å². The lowest BCUT2D eigenvalue weighted by Crippen LogP contribution is -2.33. The van der Waals surface area contributed by atoms with Gasteiger partial charge in [0.25, 0.3) is 5.91 Å². The standard InChI is InChI=1S/C14H14N4OS/c15-13(20)7-9-18(12-4-2-1-3-5-12)14(19)11-6-8-16-17-10-11/h1-6,8,10H,7,9H2,(H2,15,20). The highest BCUT2D eigenvalue weighted by atomic mass is 32.1. The van der Waals surface area contributed by atoms with Gasteiger partial charge in [-0.15, -0.1) is 0 Å². The Kier molecular flexibility index (Phi) is 4.73. The molecular weight excluding hydrogens is 272 g/mol. The molecule has 0 saturated heterocycles. The molecule has 1 heterocycles. The van der Waals surface area contributed by atoms with E-state index < -0.39 is 0 Å². The first-order chi connectivity index (χ1) is 9.68. The highest BCUT2D eigenvalue weighted by molar-refractivity contribution is 7.80. The summed E-state index contributed by atoms with van der Waals surface area (Å²) in [5.41, 5.74) is 6.80. The van der Waals surface area contributed by atoms with Crippen molar-refractivity contribution < 1.29 is 4.79 Å². The molecule has 0 bridgehead atoms. The van der Waals surface area contributed by atoms with Crippen LogP contribution in [0.3, 0.4) is 0 Å². The zero-order valence-corrected chi connectivity index (χ0v) is 11.6. The molecule has 1 aromatic heterocycles. The monoisotopic (exact) mass is 286 g/mol. The summed E-state index contributed by atoms with van der Waals surface area (Å²) in [7, 11) is 0. The van der Waals surface area contributed by atoms with Crippen molar-refractivity contribution in [3.63, 3.8) is 0 Å². The molecule has 0 unspecified atom stereocenters. The molecule has 1 amide bonds. The zero-order chi connectivity index (χ0) is 14.4. The predicted octanol–water partition coefficient (Wildman–Crippen LogP) is 1.80. The third kappa shape index (κ3) is 3.58. The molecular formula is C14H14N4OS. The summed E-state index contributed by atoms with van der Waals surface area (Å²) in [5.74, 6) is -0.151. The molecule has 0 spiro atoms. The highest BCUT2D eigenvalue weighted by Crippen LogP contribution is 2.16. The van der Waals surface area contributed by atoms with Crippen molar-refractivity contribution in [1.29, 1.82) is 0 Å². The van der Waals surface area contributed by atoms with Crippen LogP contribution in [-0.4, -0.2) is 27.6 Å². The normalized spacial score (nSPS) is 10.0. The molecule has 2 aromatic rings. The summed E-state index contributed by atoms with van der Waals surface area (Å²) >= 11 is 4.88. The van der Waals surface area contributed by atoms with Gasteiger partial charge in [-0.05, 0) is 18.2 Å². The number of rotatable bonds is 5. The third-order valence-electron chi connectivity index (χ3n) is 2.73. The topological polar surface area (TPSA) is 72.1 Å². The second-order valence-electron chi connectivity index (χ2n) is 4.14. The molecule has 2 rings (SSSR count). The van der Waals surface area contributed by atoms with E-state index in [-0.39, 0.29) is 5.91 Å². The molecule has 5 nitrogen and oxygen atoms in total. The van der Waals surface area contributed by atoms with E-state index in [1.54, 1.807) is 11.0 Å². The largest absolute Gasteiger partial charge is 0.393 e. The van der Waals surface area contributed by atoms with Gasteiger partial charge in [0.1, 0.15) is 0 Å². The molecule has 6 heteroatoms. The fourth-order valence-corrected chi connectivity index (χ4v) is 1.84. The van der Waals surface area contributed by atoms with Crippen LogP contribution in [0.15, 0.2) is 48.8 Å². The first kappa shape index (κ1) is 14.1. The molecule has 20 heavy (non-hydrogen) atoms. The Labute approximate surface area is 122 Å². The second kappa shape index (κ2) is 6.72. The molecule has 0 aliphatic heterocycles. The number of para-hydroxylation sites is 1. The predicted molar refractivity (Wildman–Crippen MR) is 81.6 cm³/mol. The Morgan fingerprint density at radius 2 is 1.95 bits per heavy atom. The van der Waals surface area contributed by atoms with Gasteiger partial charge in [0, 0.05) is 18.7 Å².